The van der Waals surface area contributed by atoms with E-state index in [9.17, 15) is 9.28 Å². The summed E-state index contributed by atoms with van der Waals surface area (Å²) in [4.78, 5) is 10.6. The Hall–Kier alpha value is -1.46. The molecular weight excluding hydrogens is 187 g/mol. The fourth-order valence-corrected chi connectivity index (χ4v) is 1.12. The molecule has 5 heteroatoms. The maximum atomic E-state index is 12.5. The number of aliphatic carboxylic acids is 1. The zero-order valence-corrected chi connectivity index (χ0v) is 7.43. The lowest BCUT2D eigenvalue weighted by Crippen LogP contribution is -2.41. The Morgan fingerprint density at radius 1 is 1.50 bits per heavy atom. The molecule has 4 nitrogen and oxygen atoms in total. The molecule has 1 atom stereocenters. The summed E-state index contributed by atoms with van der Waals surface area (Å²) in [5, 5.41) is 8.36. The van der Waals surface area contributed by atoms with Gasteiger partial charge in [-0.3, -0.25) is 4.79 Å². The van der Waals surface area contributed by atoms with Crippen molar-refractivity contribution in [1.29, 1.82) is 0 Å². The fourth-order valence-electron chi connectivity index (χ4n) is 1.12. The summed E-state index contributed by atoms with van der Waals surface area (Å²) in [5.41, 5.74) is 0.730. The first-order chi connectivity index (χ1) is 6.61. The third-order valence-electron chi connectivity index (χ3n) is 1.85. The van der Waals surface area contributed by atoms with Crippen LogP contribution in [0.15, 0.2) is 30.3 Å². The van der Waals surface area contributed by atoms with Gasteiger partial charge in [0.1, 0.15) is 0 Å². The van der Waals surface area contributed by atoms with Gasteiger partial charge in [0.05, 0.1) is 0 Å². The van der Waals surface area contributed by atoms with E-state index in [1.807, 2.05) is 0 Å². The van der Waals surface area contributed by atoms with Gasteiger partial charge in [0.25, 0.3) is 0 Å². The van der Waals surface area contributed by atoms with Gasteiger partial charge < -0.3 is 5.11 Å². The molecule has 0 aromatic heterocycles. The first-order valence-corrected chi connectivity index (χ1v) is 4.07. The number of carboxylic acid groups (broad SMARTS) is 1. The van der Waals surface area contributed by atoms with Crippen molar-refractivity contribution in [3.63, 3.8) is 0 Å². The van der Waals surface area contributed by atoms with Crippen LogP contribution in [0.25, 0.3) is 0 Å². The number of carbonyl (C=O) groups is 1. The first-order valence-electron chi connectivity index (χ1n) is 4.07. The standard InChI is InChI=1S/C9H11FN2O2/c10-12(11)8(9(13)14)6-7-4-2-1-3-5-7/h1-5,8H,6,11H2,(H,13,14). The molecule has 0 aliphatic heterocycles. The minimum Gasteiger partial charge on any atom is -0.480 e. The molecule has 0 saturated carbocycles. The average molecular weight is 198 g/mol. The van der Waals surface area contributed by atoms with Crippen LogP contribution in [0.2, 0.25) is 0 Å². The van der Waals surface area contributed by atoms with Crippen molar-refractivity contribution in [2.45, 2.75) is 12.5 Å². The van der Waals surface area contributed by atoms with Gasteiger partial charge in [-0.1, -0.05) is 35.6 Å². The molecule has 1 unspecified atom stereocenters. The van der Waals surface area contributed by atoms with E-state index in [4.69, 9.17) is 10.9 Å². The van der Waals surface area contributed by atoms with Gasteiger partial charge >= 0.3 is 5.97 Å². The molecule has 1 aromatic carbocycles. The number of rotatable bonds is 4. The Labute approximate surface area is 80.7 Å². The van der Waals surface area contributed by atoms with Crippen LogP contribution in [0.4, 0.5) is 4.48 Å². The predicted molar refractivity (Wildman–Crippen MR) is 48.7 cm³/mol. The van der Waals surface area contributed by atoms with E-state index in [1.165, 1.54) is 0 Å². The molecule has 0 aliphatic rings. The lowest BCUT2D eigenvalue weighted by Gasteiger charge is -2.14. The quantitative estimate of drug-likeness (QED) is 0.425. The van der Waals surface area contributed by atoms with Crippen LogP contribution in [0.5, 0.6) is 0 Å². The number of hydrogen-bond donors (Lipinski definition) is 2. The smallest absolute Gasteiger partial charge is 0.325 e. The molecule has 0 heterocycles. The van der Waals surface area contributed by atoms with E-state index in [-0.39, 0.29) is 11.7 Å². The summed E-state index contributed by atoms with van der Waals surface area (Å²) in [6.45, 7) is 0. The third kappa shape index (κ3) is 2.79. The molecule has 0 spiro atoms. The van der Waals surface area contributed by atoms with Crippen LogP contribution in [0, 0.1) is 0 Å². The van der Waals surface area contributed by atoms with Gasteiger partial charge in [-0.15, -0.1) is 4.48 Å². The second-order valence-electron chi connectivity index (χ2n) is 2.89. The van der Waals surface area contributed by atoms with Gasteiger partial charge in [-0.2, -0.15) is 0 Å². The number of hydrogen-bond acceptors (Lipinski definition) is 3. The van der Waals surface area contributed by atoms with E-state index in [2.05, 4.69) is 0 Å². The molecule has 0 fully saturated rings. The van der Waals surface area contributed by atoms with Crippen molar-refractivity contribution >= 4 is 5.97 Å². The number of nitrogens with zero attached hydrogens (tertiary/aromatic N) is 1. The van der Waals surface area contributed by atoms with Gasteiger partial charge in [0.2, 0.25) is 0 Å². The van der Waals surface area contributed by atoms with E-state index in [1.54, 1.807) is 30.3 Å². The average Bonchev–Trinajstić information content (AvgIpc) is 2.15. The van der Waals surface area contributed by atoms with E-state index in [0.717, 1.165) is 5.56 Å². The van der Waals surface area contributed by atoms with Crippen molar-refractivity contribution < 1.29 is 14.4 Å². The third-order valence-corrected chi connectivity index (χ3v) is 1.85. The SMILES string of the molecule is NN(F)C(Cc1ccccc1)C(=O)O. The van der Waals surface area contributed by atoms with Gasteiger partial charge in [-0.05, 0) is 5.56 Å². The monoisotopic (exact) mass is 198 g/mol. The van der Waals surface area contributed by atoms with Crippen LogP contribution in [-0.4, -0.2) is 22.3 Å². The molecule has 1 rings (SSSR count). The topological polar surface area (TPSA) is 66.6 Å². The lowest BCUT2D eigenvalue weighted by atomic mass is 10.1. The van der Waals surface area contributed by atoms with Crippen molar-refractivity contribution in [1.82, 2.24) is 5.23 Å². The van der Waals surface area contributed by atoms with Crippen LogP contribution in [0.1, 0.15) is 5.56 Å². The van der Waals surface area contributed by atoms with Crippen molar-refractivity contribution in [3.8, 4) is 0 Å². The Kier molecular flexibility index (Phi) is 3.55. The number of halogens is 1. The Morgan fingerprint density at radius 3 is 2.50 bits per heavy atom. The second kappa shape index (κ2) is 4.69. The molecular formula is C9H11FN2O2. The first kappa shape index (κ1) is 10.6. The van der Waals surface area contributed by atoms with Gasteiger partial charge in [0, 0.05) is 6.42 Å². The highest BCUT2D eigenvalue weighted by atomic mass is 19.2. The summed E-state index contributed by atoms with van der Waals surface area (Å²) < 4.78 is 12.5. The van der Waals surface area contributed by atoms with E-state index in [0.29, 0.717) is 0 Å². The normalized spacial score (nSPS) is 12.8. The molecule has 0 radical (unpaired) electrons. The molecule has 3 N–H and O–H groups in total. The highest BCUT2D eigenvalue weighted by Gasteiger charge is 2.23. The van der Waals surface area contributed by atoms with Crippen molar-refractivity contribution in [2.24, 2.45) is 5.84 Å². The highest BCUT2D eigenvalue weighted by Crippen LogP contribution is 2.06. The second-order valence-corrected chi connectivity index (χ2v) is 2.89. The summed E-state index contributed by atoms with van der Waals surface area (Å²) in [5.74, 6) is 3.49. The lowest BCUT2D eigenvalue weighted by molar-refractivity contribution is -0.151. The minimum atomic E-state index is -1.34. The molecule has 0 saturated heterocycles. The highest BCUT2D eigenvalue weighted by molar-refractivity contribution is 5.73. The summed E-state index contributed by atoms with van der Waals surface area (Å²) >= 11 is 0. The molecule has 14 heavy (non-hydrogen) atoms. The number of nitrogens with two attached hydrogens (primary N) is 1. The summed E-state index contributed by atoms with van der Waals surface area (Å²) in [6.07, 6.45) is 0.0448. The van der Waals surface area contributed by atoms with Crippen molar-refractivity contribution in [2.75, 3.05) is 0 Å². The van der Waals surface area contributed by atoms with Crippen molar-refractivity contribution in [3.05, 3.63) is 35.9 Å². The predicted octanol–water partition coefficient (Wildman–Crippen LogP) is 0.743. The van der Waals surface area contributed by atoms with Crippen LogP contribution >= 0.6 is 0 Å². The molecule has 0 bridgehead atoms. The summed E-state index contributed by atoms with van der Waals surface area (Å²) in [7, 11) is 0. The Balaban J connectivity index is 2.70. The Morgan fingerprint density at radius 2 is 2.07 bits per heavy atom. The van der Waals surface area contributed by atoms with E-state index >= 15 is 0 Å². The van der Waals surface area contributed by atoms with Crippen LogP contribution in [-0.2, 0) is 11.2 Å². The molecule has 76 valence electrons. The minimum absolute atomic E-state index is 0.0448. The van der Waals surface area contributed by atoms with E-state index < -0.39 is 12.0 Å². The molecule has 0 amide bonds. The number of hydrazine groups is 1. The molecule has 1 aromatic rings. The maximum absolute atomic E-state index is 12.5. The zero-order chi connectivity index (χ0) is 10.6. The summed E-state index contributed by atoms with van der Waals surface area (Å²) in [6, 6.07) is 7.42. The Bertz CT molecular complexity index is 303. The molecule has 0 aliphatic carbocycles. The van der Waals surface area contributed by atoms with Crippen LogP contribution in [0.3, 0.4) is 0 Å². The maximum Gasteiger partial charge on any atom is 0.325 e. The fraction of sp³-hybridized carbons (Fsp3) is 0.222. The zero-order valence-electron chi connectivity index (χ0n) is 7.43. The van der Waals surface area contributed by atoms with Gasteiger partial charge in [-0.25, -0.2) is 5.84 Å². The number of benzene rings is 1. The van der Waals surface area contributed by atoms with Gasteiger partial charge in [0.15, 0.2) is 6.04 Å². The number of carboxylic acids is 1. The largest absolute Gasteiger partial charge is 0.480 e. The van der Waals surface area contributed by atoms with Crippen LogP contribution < -0.4 is 5.84 Å².